The number of nitrogens with zero attached hydrogens (tertiary/aromatic N) is 1. The monoisotopic (exact) mass is 336 g/mol. The van der Waals surface area contributed by atoms with E-state index in [1.807, 2.05) is 29.9 Å². The second-order valence-corrected chi connectivity index (χ2v) is 7.38. The average molecular weight is 336 g/mol. The van der Waals surface area contributed by atoms with Crippen LogP contribution >= 0.6 is 0 Å². The van der Waals surface area contributed by atoms with Crippen molar-refractivity contribution in [2.75, 3.05) is 13.2 Å². The molecule has 1 aromatic heterocycles. The number of aryl methyl sites for hydroxylation is 1. The van der Waals surface area contributed by atoms with E-state index < -0.39 is 16.1 Å². The van der Waals surface area contributed by atoms with Crippen molar-refractivity contribution >= 4 is 10.0 Å². The number of fused-ring (bicyclic) bond motifs is 1. The second-order valence-electron chi connectivity index (χ2n) is 5.61. The lowest BCUT2D eigenvalue weighted by Crippen LogP contribution is -2.26. The molecule has 23 heavy (non-hydrogen) atoms. The molecule has 0 saturated carbocycles. The highest BCUT2D eigenvalue weighted by atomic mass is 32.2. The first-order chi connectivity index (χ1) is 11.0. The quantitative estimate of drug-likeness (QED) is 0.835. The molecule has 0 aliphatic carbocycles. The highest BCUT2D eigenvalue weighted by Crippen LogP contribution is 2.27. The summed E-state index contributed by atoms with van der Waals surface area (Å²) in [4.78, 5) is 0.232. The van der Waals surface area contributed by atoms with Crippen LogP contribution in [0, 0.1) is 0 Å². The summed E-state index contributed by atoms with van der Waals surface area (Å²) in [5.41, 5.74) is 1.68. The molecule has 6 nitrogen and oxygen atoms in total. The van der Waals surface area contributed by atoms with E-state index in [9.17, 15) is 13.5 Å². The molecule has 2 N–H and O–H groups in total. The van der Waals surface area contributed by atoms with Gasteiger partial charge in [0.05, 0.1) is 17.6 Å². The summed E-state index contributed by atoms with van der Waals surface area (Å²) in [6.45, 7) is 0.761. The zero-order valence-electron chi connectivity index (χ0n) is 12.9. The molecular formula is C16H20N2O4S. The van der Waals surface area contributed by atoms with Crippen LogP contribution in [-0.2, 0) is 23.5 Å². The Morgan fingerprint density at radius 1 is 1.39 bits per heavy atom. The van der Waals surface area contributed by atoms with Crippen LogP contribution in [0.2, 0.25) is 0 Å². The molecule has 124 valence electrons. The maximum atomic E-state index is 12.3. The third-order valence-electron chi connectivity index (χ3n) is 4.01. The van der Waals surface area contributed by atoms with E-state index >= 15 is 0 Å². The molecule has 0 spiro atoms. The first kappa shape index (κ1) is 16.0. The number of hydrogen-bond acceptors (Lipinski definition) is 4. The van der Waals surface area contributed by atoms with Crippen molar-refractivity contribution in [2.45, 2.75) is 23.8 Å². The van der Waals surface area contributed by atoms with Gasteiger partial charge in [-0.1, -0.05) is 0 Å². The van der Waals surface area contributed by atoms with Crippen LogP contribution in [0.5, 0.6) is 5.75 Å². The fraction of sp³-hybridized carbons (Fsp3) is 0.375. The highest BCUT2D eigenvalue weighted by molar-refractivity contribution is 7.89. The Morgan fingerprint density at radius 2 is 2.22 bits per heavy atom. The topological polar surface area (TPSA) is 80.6 Å². The Morgan fingerprint density at radius 3 is 2.96 bits per heavy atom. The van der Waals surface area contributed by atoms with E-state index in [0.29, 0.717) is 13.0 Å². The third-order valence-corrected chi connectivity index (χ3v) is 5.47. The molecule has 2 aromatic rings. The van der Waals surface area contributed by atoms with Crippen LogP contribution in [0.1, 0.15) is 23.8 Å². The number of nitrogens with one attached hydrogen (secondary N) is 1. The van der Waals surface area contributed by atoms with Crippen molar-refractivity contribution in [1.82, 2.24) is 9.29 Å². The van der Waals surface area contributed by atoms with Gasteiger partial charge >= 0.3 is 0 Å². The van der Waals surface area contributed by atoms with Crippen molar-refractivity contribution in [3.63, 3.8) is 0 Å². The van der Waals surface area contributed by atoms with Crippen LogP contribution in [0.3, 0.4) is 0 Å². The molecule has 0 amide bonds. The molecule has 0 radical (unpaired) electrons. The molecule has 7 heteroatoms. The van der Waals surface area contributed by atoms with Crippen molar-refractivity contribution < 1.29 is 18.3 Å². The molecule has 0 bridgehead atoms. The molecule has 3 rings (SSSR count). The minimum Gasteiger partial charge on any atom is -0.493 e. The van der Waals surface area contributed by atoms with Crippen molar-refractivity contribution in [3.8, 4) is 5.75 Å². The Bertz CT molecular complexity index is 798. The third kappa shape index (κ3) is 3.41. The Balaban J connectivity index is 1.62. The van der Waals surface area contributed by atoms with Gasteiger partial charge in [-0.2, -0.15) is 0 Å². The molecule has 1 aromatic carbocycles. The lowest BCUT2D eigenvalue weighted by atomic mass is 10.2. The molecule has 0 unspecified atom stereocenters. The molecule has 2 heterocycles. The first-order valence-electron chi connectivity index (χ1n) is 7.52. The van der Waals surface area contributed by atoms with E-state index in [1.165, 1.54) is 0 Å². The van der Waals surface area contributed by atoms with Crippen LogP contribution in [0.15, 0.2) is 41.4 Å². The van der Waals surface area contributed by atoms with Gasteiger partial charge in [0.2, 0.25) is 10.0 Å². The van der Waals surface area contributed by atoms with Crippen LogP contribution in [0.25, 0.3) is 0 Å². The summed E-state index contributed by atoms with van der Waals surface area (Å²) in [6, 6.07) is 8.54. The van der Waals surface area contributed by atoms with Crippen molar-refractivity contribution in [3.05, 3.63) is 47.8 Å². The average Bonchev–Trinajstić information content (AvgIpc) is 3.14. The van der Waals surface area contributed by atoms with Crippen LogP contribution in [-0.4, -0.2) is 31.2 Å². The van der Waals surface area contributed by atoms with Crippen molar-refractivity contribution in [1.29, 1.82) is 0 Å². The lowest BCUT2D eigenvalue weighted by molar-refractivity contribution is 0.161. The van der Waals surface area contributed by atoms with E-state index in [0.717, 1.165) is 23.4 Å². The van der Waals surface area contributed by atoms with Gasteiger partial charge in [0.1, 0.15) is 5.75 Å². The molecule has 1 aliphatic heterocycles. The summed E-state index contributed by atoms with van der Waals surface area (Å²) >= 11 is 0. The van der Waals surface area contributed by atoms with E-state index in [2.05, 4.69) is 4.72 Å². The highest BCUT2D eigenvalue weighted by Gasteiger charge is 2.19. The smallest absolute Gasteiger partial charge is 0.240 e. The Hall–Kier alpha value is -1.83. The Labute approximate surface area is 135 Å². The van der Waals surface area contributed by atoms with Crippen LogP contribution < -0.4 is 9.46 Å². The largest absolute Gasteiger partial charge is 0.493 e. The first-order valence-corrected chi connectivity index (χ1v) is 9.00. The standard InChI is InChI=1S/C16H20N2O4S/c1-18-9-2-3-14(18)15(19)6-8-17-23(20,21)13-4-5-16-12(11-13)7-10-22-16/h2-5,9,11,15,17,19H,6-8,10H2,1H3/t15-/m1/s1. The molecule has 0 saturated heterocycles. The SMILES string of the molecule is Cn1cccc1[C@H](O)CCNS(=O)(=O)c1ccc2c(c1)CCO2. The van der Waals surface area contributed by atoms with Gasteiger partial charge in [0, 0.05) is 31.9 Å². The van der Waals surface area contributed by atoms with Gasteiger partial charge in [0.15, 0.2) is 0 Å². The molecular weight excluding hydrogens is 316 g/mol. The minimum absolute atomic E-state index is 0.169. The van der Waals surface area contributed by atoms with Gasteiger partial charge < -0.3 is 14.4 Å². The van der Waals surface area contributed by atoms with Gasteiger partial charge in [-0.3, -0.25) is 0 Å². The van der Waals surface area contributed by atoms with E-state index in [-0.39, 0.29) is 11.4 Å². The lowest BCUT2D eigenvalue weighted by Gasteiger charge is -2.13. The van der Waals surface area contributed by atoms with Gasteiger partial charge in [0.25, 0.3) is 0 Å². The minimum atomic E-state index is -3.58. The second kappa shape index (κ2) is 6.35. The molecule has 0 fully saturated rings. The number of rotatable bonds is 6. The number of hydrogen-bond donors (Lipinski definition) is 2. The predicted molar refractivity (Wildman–Crippen MR) is 85.8 cm³/mol. The van der Waals surface area contributed by atoms with Gasteiger partial charge in [-0.15, -0.1) is 0 Å². The zero-order chi connectivity index (χ0) is 16.4. The maximum Gasteiger partial charge on any atom is 0.240 e. The maximum absolute atomic E-state index is 12.3. The number of sulfonamides is 1. The Kier molecular flexibility index (Phi) is 4.43. The van der Waals surface area contributed by atoms with Gasteiger partial charge in [-0.25, -0.2) is 13.1 Å². The zero-order valence-corrected chi connectivity index (χ0v) is 13.7. The fourth-order valence-electron chi connectivity index (χ4n) is 2.71. The fourth-order valence-corrected chi connectivity index (χ4v) is 3.81. The number of aliphatic hydroxyl groups excluding tert-OH is 1. The summed E-state index contributed by atoms with van der Waals surface area (Å²) in [5, 5.41) is 10.1. The van der Waals surface area contributed by atoms with E-state index in [4.69, 9.17) is 4.74 Å². The predicted octanol–water partition coefficient (Wildman–Crippen LogP) is 1.36. The molecule has 1 aliphatic rings. The molecule has 1 atom stereocenters. The van der Waals surface area contributed by atoms with Crippen molar-refractivity contribution in [2.24, 2.45) is 7.05 Å². The normalized spacial score (nSPS) is 15.2. The summed E-state index contributed by atoms with van der Waals surface area (Å²) < 4.78 is 34.4. The van der Waals surface area contributed by atoms with E-state index in [1.54, 1.807) is 18.2 Å². The number of benzene rings is 1. The number of aromatic nitrogens is 1. The number of aliphatic hydroxyl groups is 1. The van der Waals surface area contributed by atoms with Crippen LogP contribution in [0.4, 0.5) is 0 Å². The summed E-state index contributed by atoms with van der Waals surface area (Å²) in [5.74, 6) is 0.753. The van der Waals surface area contributed by atoms with Gasteiger partial charge in [-0.05, 0) is 42.3 Å². The summed E-state index contributed by atoms with van der Waals surface area (Å²) in [7, 11) is -1.74. The number of ether oxygens (including phenoxy) is 1. The summed E-state index contributed by atoms with van der Waals surface area (Å²) in [6.07, 6.45) is 2.18.